The van der Waals surface area contributed by atoms with Gasteiger partial charge in [0.05, 0.1) is 5.56 Å². The average Bonchev–Trinajstić information content (AvgIpc) is 2.46. The maximum atomic E-state index is 11.5. The van der Waals surface area contributed by atoms with Gasteiger partial charge in [0.15, 0.2) is 0 Å². The zero-order chi connectivity index (χ0) is 13.7. The number of amides is 1. The number of nitrogens with zero attached hydrogens (tertiary/aromatic N) is 1. The lowest BCUT2D eigenvalue weighted by atomic mass is 10.1. The highest BCUT2D eigenvalue weighted by Crippen LogP contribution is 2.17. The maximum absolute atomic E-state index is 11.5. The molecule has 0 aliphatic heterocycles. The smallest absolute Gasteiger partial charge is 0.252 e. The monoisotopic (exact) mass is 272 g/mol. The molecule has 2 aromatic rings. The van der Waals surface area contributed by atoms with Crippen LogP contribution in [-0.4, -0.2) is 17.9 Å². The first-order valence-corrected chi connectivity index (χ1v) is 6.18. The minimum atomic E-state index is -0.152. The van der Waals surface area contributed by atoms with Gasteiger partial charge in [0, 0.05) is 24.5 Å². The zero-order valence-electron chi connectivity index (χ0n) is 10.4. The standard InChI is InChI=1S/C15H13ClN2O/c1-17-15(19)13-8-11(9-18-10-13)6-7-12-4-2-3-5-14(12)16/h2-10H,1H3,(H,17,19)/b7-6+. The second-order valence-electron chi connectivity index (χ2n) is 3.94. The number of benzene rings is 1. The van der Waals surface area contributed by atoms with Crippen molar-refractivity contribution in [1.82, 2.24) is 10.3 Å². The van der Waals surface area contributed by atoms with Gasteiger partial charge in [-0.15, -0.1) is 0 Å². The lowest BCUT2D eigenvalue weighted by Gasteiger charge is -2.00. The second-order valence-corrected chi connectivity index (χ2v) is 4.35. The Kier molecular flexibility index (Phi) is 4.31. The van der Waals surface area contributed by atoms with Crippen molar-refractivity contribution in [2.75, 3.05) is 7.05 Å². The molecule has 1 amide bonds. The van der Waals surface area contributed by atoms with E-state index < -0.39 is 0 Å². The highest BCUT2D eigenvalue weighted by Gasteiger charge is 2.03. The van der Waals surface area contributed by atoms with Gasteiger partial charge in [-0.25, -0.2) is 0 Å². The lowest BCUT2D eigenvalue weighted by molar-refractivity contribution is 0.0962. The summed E-state index contributed by atoms with van der Waals surface area (Å²) in [7, 11) is 1.59. The van der Waals surface area contributed by atoms with Gasteiger partial charge in [-0.3, -0.25) is 9.78 Å². The molecule has 1 aromatic carbocycles. The number of nitrogens with one attached hydrogen (secondary N) is 1. The molecule has 0 saturated heterocycles. The van der Waals surface area contributed by atoms with Crippen molar-refractivity contribution in [2.24, 2.45) is 0 Å². The van der Waals surface area contributed by atoms with Crippen LogP contribution in [0.25, 0.3) is 12.2 Å². The summed E-state index contributed by atoms with van der Waals surface area (Å²) in [6.07, 6.45) is 7.00. The molecule has 0 spiro atoms. The minimum Gasteiger partial charge on any atom is -0.355 e. The number of rotatable bonds is 3. The summed E-state index contributed by atoms with van der Waals surface area (Å²) in [5, 5.41) is 3.26. The van der Waals surface area contributed by atoms with Gasteiger partial charge < -0.3 is 5.32 Å². The number of halogens is 1. The van der Waals surface area contributed by atoms with Crippen molar-refractivity contribution < 1.29 is 4.79 Å². The zero-order valence-corrected chi connectivity index (χ0v) is 11.2. The second kappa shape index (κ2) is 6.16. The highest BCUT2D eigenvalue weighted by molar-refractivity contribution is 6.32. The predicted octanol–water partition coefficient (Wildman–Crippen LogP) is 3.27. The summed E-state index contributed by atoms with van der Waals surface area (Å²) in [6.45, 7) is 0. The van der Waals surface area contributed by atoms with E-state index in [2.05, 4.69) is 10.3 Å². The Bertz CT molecular complexity index is 623. The van der Waals surface area contributed by atoms with Crippen LogP contribution in [0.1, 0.15) is 21.5 Å². The Morgan fingerprint density at radius 2 is 2.05 bits per heavy atom. The molecule has 0 aliphatic carbocycles. The van der Waals surface area contributed by atoms with E-state index in [0.717, 1.165) is 11.1 Å². The van der Waals surface area contributed by atoms with E-state index in [1.807, 2.05) is 36.4 Å². The van der Waals surface area contributed by atoms with Gasteiger partial charge >= 0.3 is 0 Å². The number of hydrogen-bond donors (Lipinski definition) is 1. The van der Waals surface area contributed by atoms with Crippen LogP contribution < -0.4 is 5.32 Å². The quantitative estimate of drug-likeness (QED) is 0.932. The Labute approximate surface area is 116 Å². The van der Waals surface area contributed by atoms with Gasteiger partial charge in [0.2, 0.25) is 0 Å². The number of pyridine rings is 1. The van der Waals surface area contributed by atoms with Gasteiger partial charge in [-0.2, -0.15) is 0 Å². The van der Waals surface area contributed by atoms with Crippen molar-refractivity contribution >= 4 is 29.7 Å². The van der Waals surface area contributed by atoms with Gasteiger partial charge in [0.25, 0.3) is 5.91 Å². The molecule has 0 unspecified atom stereocenters. The summed E-state index contributed by atoms with van der Waals surface area (Å²) in [6, 6.07) is 9.34. The molecule has 0 atom stereocenters. The highest BCUT2D eigenvalue weighted by atomic mass is 35.5. The van der Waals surface area contributed by atoms with E-state index in [4.69, 9.17) is 11.6 Å². The fourth-order valence-electron chi connectivity index (χ4n) is 1.61. The van der Waals surface area contributed by atoms with Crippen molar-refractivity contribution in [3.63, 3.8) is 0 Å². The Morgan fingerprint density at radius 3 is 2.79 bits per heavy atom. The molecule has 1 N–H and O–H groups in total. The molecule has 0 aliphatic rings. The third-order valence-electron chi connectivity index (χ3n) is 2.61. The molecule has 0 bridgehead atoms. The molecular weight excluding hydrogens is 260 g/mol. The largest absolute Gasteiger partial charge is 0.355 e. The third-order valence-corrected chi connectivity index (χ3v) is 2.95. The van der Waals surface area contributed by atoms with Crippen molar-refractivity contribution in [2.45, 2.75) is 0 Å². The van der Waals surface area contributed by atoms with E-state index in [1.54, 1.807) is 19.3 Å². The summed E-state index contributed by atoms with van der Waals surface area (Å²) >= 11 is 6.06. The molecule has 3 nitrogen and oxygen atoms in total. The van der Waals surface area contributed by atoms with Gasteiger partial charge in [-0.1, -0.05) is 42.0 Å². The van der Waals surface area contributed by atoms with E-state index in [-0.39, 0.29) is 5.91 Å². The Morgan fingerprint density at radius 1 is 1.26 bits per heavy atom. The third kappa shape index (κ3) is 3.42. The number of hydrogen-bond acceptors (Lipinski definition) is 2. The molecular formula is C15H13ClN2O. The maximum Gasteiger partial charge on any atom is 0.252 e. The fraction of sp³-hybridized carbons (Fsp3) is 0.0667. The summed E-state index contributed by atoms with van der Waals surface area (Å²) in [4.78, 5) is 15.5. The summed E-state index contributed by atoms with van der Waals surface area (Å²) in [5.41, 5.74) is 2.30. The number of carbonyl (C=O) groups is 1. The molecule has 1 heterocycles. The number of aromatic nitrogens is 1. The first-order chi connectivity index (χ1) is 9.20. The van der Waals surface area contributed by atoms with Crippen LogP contribution in [0.5, 0.6) is 0 Å². The van der Waals surface area contributed by atoms with Crippen LogP contribution in [0.15, 0.2) is 42.7 Å². The van der Waals surface area contributed by atoms with E-state index in [0.29, 0.717) is 10.6 Å². The van der Waals surface area contributed by atoms with Gasteiger partial charge in [-0.05, 0) is 23.3 Å². The van der Waals surface area contributed by atoms with E-state index >= 15 is 0 Å². The summed E-state index contributed by atoms with van der Waals surface area (Å²) in [5.74, 6) is -0.152. The van der Waals surface area contributed by atoms with Crippen LogP contribution in [0.2, 0.25) is 5.02 Å². The van der Waals surface area contributed by atoms with E-state index in [9.17, 15) is 4.79 Å². The van der Waals surface area contributed by atoms with Crippen molar-refractivity contribution in [1.29, 1.82) is 0 Å². The van der Waals surface area contributed by atoms with Crippen LogP contribution in [-0.2, 0) is 0 Å². The Balaban J connectivity index is 2.24. The molecule has 96 valence electrons. The molecule has 4 heteroatoms. The lowest BCUT2D eigenvalue weighted by Crippen LogP contribution is -2.17. The predicted molar refractivity (Wildman–Crippen MR) is 78.0 cm³/mol. The van der Waals surface area contributed by atoms with Crippen LogP contribution >= 0.6 is 11.6 Å². The molecule has 2 rings (SSSR count). The van der Waals surface area contributed by atoms with Crippen LogP contribution in [0, 0.1) is 0 Å². The fourth-order valence-corrected chi connectivity index (χ4v) is 1.81. The molecule has 19 heavy (non-hydrogen) atoms. The summed E-state index contributed by atoms with van der Waals surface area (Å²) < 4.78 is 0. The van der Waals surface area contributed by atoms with Crippen LogP contribution in [0.4, 0.5) is 0 Å². The first-order valence-electron chi connectivity index (χ1n) is 5.80. The van der Waals surface area contributed by atoms with Crippen LogP contribution in [0.3, 0.4) is 0 Å². The van der Waals surface area contributed by atoms with Gasteiger partial charge in [0.1, 0.15) is 0 Å². The number of carbonyl (C=O) groups excluding carboxylic acids is 1. The van der Waals surface area contributed by atoms with Crippen molar-refractivity contribution in [3.8, 4) is 0 Å². The first kappa shape index (κ1) is 13.3. The van der Waals surface area contributed by atoms with Crippen molar-refractivity contribution in [3.05, 3.63) is 64.4 Å². The molecule has 0 saturated carbocycles. The molecule has 0 radical (unpaired) electrons. The molecule has 1 aromatic heterocycles. The topological polar surface area (TPSA) is 42.0 Å². The Hall–Kier alpha value is -2.13. The molecule has 0 fully saturated rings. The average molecular weight is 273 g/mol. The minimum absolute atomic E-state index is 0.152. The normalized spacial score (nSPS) is 10.6. The SMILES string of the molecule is CNC(=O)c1cncc(/C=C/c2ccccc2Cl)c1. The van der Waals surface area contributed by atoms with E-state index in [1.165, 1.54) is 6.20 Å².